The molecule has 5 nitrogen and oxygen atoms in total. The van der Waals surface area contributed by atoms with Gasteiger partial charge >= 0.3 is 6.09 Å². The summed E-state index contributed by atoms with van der Waals surface area (Å²) in [6.45, 7) is 9.09. The van der Waals surface area contributed by atoms with E-state index in [-0.39, 0.29) is 18.2 Å². The first-order valence-corrected chi connectivity index (χ1v) is 7.67. The number of nitrogens with one attached hydrogen (secondary N) is 1. The summed E-state index contributed by atoms with van der Waals surface area (Å²) in [6, 6.07) is 8.43. The lowest BCUT2D eigenvalue weighted by atomic mass is 10.0. The number of amides is 1. The molecule has 1 N–H and O–H groups in total. The number of carbonyl (C=O) groups excluding carboxylic acids is 1. The molecule has 0 radical (unpaired) electrons. The summed E-state index contributed by atoms with van der Waals surface area (Å²) < 4.78 is 10.7. The number of methoxy groups -OCH3 is 1. The van der Waals surface area contributed by atoms with E-state index in [4.69, 9.17) is 9.47 Å². The Balaban J connectivity index is 1.83. The molecule has 2 rings (SSSR count). The zero-order valence-corrected chi connectivity index (χ0v) is 14.1. The van der Waals surface area contributed by atoms with Crippen molar-refractivity contribution in [3.05, 3.63) is 29.8 Å². The normalized spacial score (nSPS) is 16.9. The van der Waals surface area contributed by atoms with Gasteiger partial charge in [0.15, 0.2) is 0 Å². The Bertz CT molecular complexity index is 519. The Hall–Kier alpha value is -1.75. The highest BCUT2D eigenvalue weighted by atomic mass is 16.6. The second-order valence-corrected chi connectivity index (χ2v) is 6.71. The topological polar surface area (TPSA) is 50.8 Å². The van der Waals surface area contributed by atoms with Crippen molar-refractivity contribution in [3.63, 3.8) is 0 Å². The second-order valence-electron chi connectivity index (χ2n) is 6.71. The number of nitrogens with zero attached hydrogens (tertiary/aromatic N) is 1. The van der Waals surface area contributed by atoms with Crippen molar-refractivity contribution in [1.29, 1.82) is 0 Å². The largest absolute Gasteiger partial charge is 0.496 e. The fraction of sp³-hybridized carbons (Fsp3) is 0.588. The maximum absolute atomic E-state index is 11.9. The van der Waals surface area contributed by atoms with Crippen molar-refractivity contribution in [2.24, 2.45) is 0 Å². The van der Waals surface area contributed by atoms with Crippen molar-refractivity contribution < 1.29 is 14.3 Å². The average Bonchev–Trinajstić information content (AvgIpc) is 2.39. The molecule has 122 valence electrons. The number of hydrogen-bond acceptors (Lipinski definition) is 4. The highest BCUT2D eigenvalue weighted by Crippen LogP contribution is 2.26. The monoisotopic (exact) mass is 306 g/mol. The molecule has 0 aliphatic carbocycles. The van der Waals surface area contributed by atoms with Crippen molar-refractivity contribution in [1.82, 2.24) is 10.2 Å². The summed E-state index contributed by atoms with van der Waals surface area (Å²) >= 11 is 0. The molecular weight excluding hydrogens is 280 g/mol. The SMILES string of the molecule is COc1ccccc1[C@@H](C)NC1CN(C(=O)OC(C)(C)C)C1. The van der Waals surface area contributed by atoms with Gasteiger partial charge in [0.25, 0.3) is 0 Å². The first-order valence-electron chi connectivity index (χ1n) is 7.67. The van der Waals surface area contributed by atoms with Crippen molar-refractivity contribution >= 4 is 6.09 Å². The minimum atomic E-state index is -0.444. The molecule has 22 heavy (non-hydrogen) atoms. The molecule has 0 spiro atoms. The highest BCUT2D eigenvalue weighted by molar-refractivity contribution is 5.69. The molecule has 1 atom stereocenters. The summed E-state index contributed by atoms with van der Waals surface area (Å²) in [5, 5.41) is 3.53. The van der Waals surface area contributed by atoms with Crippen LogP contribution in [-0.2, 0) is 4.74 Å². The third kappa shape index (κ3) is 4.13. The maximum Gasteiger partial charge on any atom is 0.410 e. The number of likely N-dealkylation sites (tertiary alicyclic amines) is 1. The zero-order chi connectivity index (χ0) is 16.3. The van der Waals surface area contributed by atoms with Crippen LogP contribution in [0, 0.1) is 0 Å². The van der Waals surface area contributed by atoms with Gasteiger partial charge in [0.05, 0.1) is 7.11 Å². The molecule has 1 aromatic rings. The standard InChI is InChI=1S/C17H26N2O3/c1-12(14-8-6-7-9-15(14)21-5)18-13-10-19(11-13)16(20)22-17(2,3)4/h6-9,12-13,18H,10-11H2,1-5H3/t12-/m1/s1. The molecule has 1 aliphatic rings. The molecule has 1 saturated heterocycles. The van der Waals surface area contributed by atoms with Crippen molar-refractivity contribution in [3.8, 4) is 5.75 Å². The van der Waals surface area contributed by atoms with Gasteiger partial charge in [-0.1, -0.05) is 18.2 Å². The zero-order valence-electron chi connectivity index (χ0n) is 14.1. The van der Waals surface area contributed by atoms with Crippen molar-refractivity contribution in [2.45, 2.75) is 45.4 Å². The van der Waals surface area contributed by atoms with Crippen LogP contribution >= 0.6 is 0 Å². The van der Waals surface area contributed by atoms with Gasteiger partial charge in [0, 0.05) is 30.7 Å². The predicted molar refractivity (Wildman–Crippen MR) is 86.1 cm³/mol. The molecule has 0 saturated carbocycles. The smallest absolute Gasteiger partial charge is 0.410 e. The summed E-state index contributed by atoms with van der Waals surface area (Å²) in [4.78, 5) is 13.6. The van der Waals surface area contributed by atoms with Crippen LogP contribution in [0.2, 0.25) is 0 Å². The van der Waals surface area contributed by atoms with Crippen LogP contribution in [0.1, 0.15) is 39.3 Å². The van der Waals surface area contributed by atoms with Gasteiger partial charge in [-0.25, -0.2) is 4.79 Å². The third-order valence-corrected chi connectivity index (χ3v) is 3.62. The van der Waals surface area contributed by atoms with Crippen LogP contribution in [0.4, 0.5) is 4.79 Å². The van der Waals surface area contributed by atoms with E-state index in [1.807, 2.05) is 39.0 Å². The van der Waals surface area contributed by atoms with E-state index >= 15 is 0 Å². The fourth-order valence-electron chi connectivity index (χ4n) is 2.53. The minimum Gasteiger partial charge on any atom is -0.496 e. The molecule has 1 amide bonds. The van der Waals surface area contributed by atoms with E-state index in [2.05, 4.69) is 18.3 Å². The quantitative estimate of drug-likeness (QED) is 0.929. The van der Waals surface area contributed by atoms with E-state index in [1.165, 1.54) is 0 Å². The van der Waals surface area contributed by atoms with E-state index < -0.39 is 5.60 Å². The minimum absolute atomic E-state index is 0.168. The second kappa shape index (κ2) is 6.57. The van der Waals surface area contributed by atoms with Crippen LogP contribution < -0.4 is 10.1 Å². The summed E-state index contributed by atoms with van der Waals surface area (Å²) in [6.07, 6.45) is -0.240. The van der Waals surface area contributed by atoms with Gasteiger partial charge in [0.1, 0.15) is 11.4 Å². The summed E-state index contributed by atoms with van der Waals surface area (Å²) in [7, 11) is 1.68. The molecule has 1 aromatic carbocycles. The summed E-state index contributed by atoms with van der Waals surface area (Å²) in [5.41, 5.74) is 0.682. The fourth-order valence-corrected chi connectivity index (χ4v) is 2.53. The van der Waals surface area contributed by atoms with Crippen LogP contribution in [0.5, 0.6) is 5.75 Å². The van der Waals surface area contributed by atoms with Crippen molar-refractivity contribution in [2.75, 3.05) is 20.2 Å². The molecule has 0 bridgehead atoms. The van der Waals surface area contributed by atoms with Gasteiger partial charge in [-0.3, -0.25) is 0 Å². The van der Waals surface area contributed by atoms with E-state index in [0.717, 1.165) is 11.3 Å². The number of ether oxygens (including phenoxy) is 2. The van der Waals surface area contributed by atoms with Gasteiger partial charge in [-0.05, 0) is 33.8 Å². The van der Waals surface area contributed by atoms with E-state index in [9.17, 15) is 4.79 Å². The molecule has 5 heteroatoms. The average molecular weight is 306 g/mol. The number of benzene rings is 1. The maximum atomic E-state index is 11.9. The number of carbonyl (C=O) groups is 1. The van der Waals surface area contributed by atoms with Crippen LogP contribution in [0.15, 0.2) is 24.3 Å². The first kappa shape index (κ1) is 16.6. The Kier molecular flexibility index (Phi) is 4.96. The molecule has 1 fully saturated rings. The van der Waals surface area contributed by atoms with E-state index in [0.29, 0.717) is 13.1 Å². The van der Waals surface area contributed by atoms with Gasteiger partial charge in [-0.2, -0.15) is 0 Å². The number of hydrogen-bond donors (Lipinski definition) is 1. The van der Waals surface area contributed by atoms with Gasteiger partial charge in [-0.15, -0.1) is 0 Å². The summed E-state index contributed by atoms with van der Waals surface area (Å²) in [5.74, 6) is 0.880. The molecular formula is C17H26N2O3. The first-order chi connectivity index (χ1) is 10.3. The lowest BCUT2D eigenvalue weighted by Gasteiger charge is -2.41. The molecule has 1 aliphatic heterocycles. The lowest BCUT2D eigenvalue weighted by molar-refractivity contribution is 0.00431. The predicted octanol–water partition coefficient (Wildman–Crippen LogP) is 2.97. The Morgan fingerprint density at radius 3 is 2.55 bits per heavy atom. The van der Waals surface area contributed by atoms with Crippen LogP contribution in [0.3, 0.4) is 0 Å². The van der Waals surface area contributed by atoms with E-state index in [1.54, 1.807) is 12.0 Å². The van der Waals surface area contributed by atoms with Crippen LogP contribution in [-0.4, -0.2) is 42.8 Å². The number of rotatable bonds is 4. The molecule has 0 aromatic heterocycles. The Morgan fingerprint density at radius 2 is 1.95 bits per heavy atom. The van der Waals surface area contributed by atoms with Gasteiger partial charge in [0.2, 0.25) is 0 Å². The highest BCUT2D eigenvalue weighted by Gasteiger charge is 2.34. The van der Waals surface area contributed by atoms with Crippen LogP contribution in [0.25, 0.3) is 0 Å². The third-order valence-electron chi connectivity index (χ3n) is 3.62. The lowest BCUT2D eigenvalue weighted by Crippen LogP contribution is -2.60. The molecule has 1 heterocycles. The molecule has 0 unspecified atom stereocenters. The Labute approximate surface area is 132 Å². The Morgan fingerprint density at radius 1 is 1.32 bits per heavy atom. The number of para-hydroxylation sites is 1. The van der Waals surface area contributed by atoms with Gasteiger partial charge < -0.3 is 19.7 Å².